The van der Waals surface area contributed by atoms with Gasteiger partial charge in [0.1, 0.15) is 0 Å². The number of rotatable bonds is 7. The summed E-state index contributed by atoms with van der Waals surface area (Å²) in [6.07, 6.45) is 5.14. The molecule has 0 aromatic carbocycles. The van der Waals surface area contributed by atoms with Crippen molar-refractivity contribution in [2.45, 2.75) is 60.3 Å². The normalized spacial score (nSPS) is 16.8. The zero-order chi connectivity index (χ0) is 16.6. The Morgan fingerprint density at radius 3 is 2.13 bits per heavy atom. The molecule has 1 fully saturated rings. The molecule has 23 heavy (non-hydrogen) atoms. The second-order valence-corrected chi connectivity index (χ2v) is 7.33. The highest BCUT2D eigenvalue weighted by atomic mass is 127. The molecule has 0 heterocycles. The zero-order valence-electron chi connectivity index (χ0n) is 15.4. The van der Waals surface area contributed by atoms with Crippen molar-refractivity contribution >= 4 is 35.8 Å². The Morgan fingerprint density at radius 1 is 1.09 bits per heavy atom. The first-order chi connectivity index (χ1) is 10.3. The molecule has 0 aliphatic heterocycles. The molecule has 1 aliphatic carbocycles. The van der Waals surface area contributed by atoms with Crippen LogP contribution in [-0.4, -0.2) is 38.0 Å². The van der Waals surface area contributed by atoms with E-state index < -0.39 is 0 Å². The van der Waals surface area contributed by atoms with Crippen LogP contribution in [0.1, 0.15) is 60.3 Å². The van der Waals surface area contributed by atoms with Crippen molar-refractivity contribution in [2.75, 3.05) is 26.2 Å². The average Bonchev–Trinajstić information content (AvgIpc) is 2.41. The fourth-order valence-electron chi connectivity index (χ4n) is 2.51. The second-order valence-electron chi connectivity index (χ2n) is 7.33. The SMILES string of the molecule is CCNC(=NCC1(CC)CCC1)NCCNC(=O)C(C)(C)C.I. The summed E-state index contributed by atoms with van der Waals surface area (Å²) >= 11 is 0. The van der Waals surface area contributed by atoms with Crippen molar-refractivity contribution in [1.82, 2.24) is 16.0 Å². The van der Waals surface area contributed by atoms with Crippen LogP contribution in [0, 0.1) is 10.8 Å². The van der Waals surface area contributed by atoms with E-state index in [1.807, 2.05) is 20.8 Å². The highest BCUT2D eigenvalue weighted by Crippen LogP contribution is 2.43. The van der Waals surface area contributed by atoms with Crippen molar-refractivity contribution in [1.29, 1.82) is 0 Å². The minimum Gasteiger partial charge on any atom is -0.357 e. The molecule has 5 nitrogen and oxygen atoms in total. The van der Waals surface area contributed by atoms with Gasteiger partial charge >= 0.3 is 0 Å². The topological polar surface area (TPSA) is 65.5 Å². The van der Waals surface area contributed by atoms with Gasteiger partial charge in [-0.25, -0.2) is 0 Å². The van der Waals surface area contributed by atoms with E-state index >= 15 is 0 Å². The van der Waals surface area contributed by atoms with Crippen LogP contribution in [0.15, 0.2) is 4.99 Å². The summed E-state index contributed by atoms with van der Waals surface area (Å²) in [4.78, 5) is 16.5. The number of hydrogen-bond donors (Lipinski definition) is 3. The van der Waals surface area contributed by atoms with Crippen LogP contribution < -0.4 is 16.0 Å². The molecule has 0 aromatic heterocycles. The Balaban J connectivity index is 0.00000484. The van der Waals surface area contributed by atoms with Crippen LogP contribution >= 0.6 is 24.0 Å². The smallest absolute Gasteiger partial charge is 0.225 e. The first kappa shape index (κ1) is 22.5. The average molecular weight is 438 g/mol. The third kappa shape index (κ3) is 7.72. The zero-order valence-corrected chi connectivity index (χ0v) is 17.8. The molecule has 0 radical (unpaired) electrons. The van der Waals surface area contributed by atoms with Gasteiger partial charge in [0.2, 0.25) is 5.91 Å². The highest BCUT2D eigenvalue weighted by molar-refractivity contribution is 14.0. The molecule has 6 heteroatoms. The minimum atomic E-state index is -0.337. The van der Waals surface area contributed by atoms with Gasteiger partial charge in [-0.3, -0.25) is 9.79 Å². The maximum absolute atomic E-state index is 11.8. The quantitative estimate of drug-likeness (QED) is 0.248. The Hall–Kier alpha value is -0.530. The molecular formula is C17H35IN4O. The summed E-state index contributed by atoms with van der Waals surface area (Å²) in [7, 11) is 0. The molecule has 1 amide bonds. The van der Waals surface area contributed by atoms with Gasteiger partial charge in [-0.15, -0.1) is 24.0 Å². The van der Waals surface area contributed by atoms with Crippen LogP contribution in [0.3, 0.4) is 0 Å². The number of guanidine groups is 1. The van der Waals surface area contributed by atoms with E-state index in [0.29, 0.717) is 18.5 Å². The van der Waals surface area contributed by atoms with Crippen LogP contribution in [0.4, 0.5) is 0 Å². The van der Waals surface area contributed by atoms with Crippen molar-refractivity contribution in [3.8, 4) is 0 Å². The summed E-state index contributed by atoms with van der Waals surface area (Å²) in [5, 5.41) is 9.51. The van der Waals surface area contributed by atoms with Crippen molar-refractivity contribution in [2.24, 2.45) is 15.8 Å². The second kappa shape index (κ2) is 10.4. The fourth-order valence-corrected chi connectivity index (χ4v) is 2.51. The minimum absolute atomic E-state index is 0. The molecule has 0 aromatic rings. The summed E-state index contributed by atoms with van der Waals surface area (Å²) < 4.78 is 0. The molecule has 3 N–H and O–H groups in total. The third-order valence-corrected chi connectivity index (χ3v) is 4.47. The van der Waals surface area contributed by atoms with E-state index in [2.05, 4.69) is 29.8 Å². The maximum atomic E-state index is 11.8. The predicted octanol–water partition coefficient (Wildman–Crippen LogP) is 2.90. The van der Waals surface area contributed by atoms with Crippen LogP contribution in [0.25, 0.3) is 0 Å². The molecular weight excluding hydrogens is 403 g/mol. The van der Waals surface area contributed by atoms with Crippen LogP contribution in [0.2, 0.25) is 0 Å². The number of amides is 1. The number of carbonyl (C=O) groups excluding carboxylic acids is 1. The highest BCUT2D eigenvalue weighted by Gasteiger charge is 2.34. The molecule has 0 unspecified atom stereocenters. The Bertz CT molecular complexity index is 381. The number of hydrogen-bond acceptors (Lipinski definition) is 2. The number of nitrogens with one attached hydrogen (secondary N) is 3. The molecule has 136 valence electrons. The van der Waals surface area contributed by atoms with Gasteiger partial charge in [0.25, 0.3) is 0 Å². The van der Waals surface area contributed by atoms with E-state index in [-0.39, 0.29) is 35.3 Å². The lowest BCUT2D eigenvalue weighted by Gasteiger charge is -2.40. The number of nitrogens with zero attached hydrogens (tertiary/aromatic N) is 1. The third-order valence-electron chi connectivity index (χ3n) is 4.47. The standard InChI is InChI=1S/C17H34N4O.HI/c1-6-17(9-8-10-17)13-21-15(18-7-2)20-12-11-19-14(22)16(3,4)5;/h6-13H2,1-5H3,(H,19,22)(H2,18,20,21);1H. The number of aliphatic imine (C=N–C) groups is 1. The molecule has 0 saturated heterocycles. The summed E-state index contributed by atoms with van der Waals surface area (Å²) in [5.74, 6) is 0.933. The Labute approximate surface area is 158 Å². The van der Waals surface area contributed by atoms with Gasteiger partial charge in [-0.1, -0.05) is 34.1 Å². The van der Waals surface area contributed by atoms with E-state index in [4.69, 9.17) is 4.99 Å². The Morgan fingerprint density at radius 2 is 1.70 bits per heavy atom. The summed E-state index contributed by atoms with van der Waals surface area (Å²) in [5.41, 5.74) is 0.0963. The first-order valence-corrected chi connectivity index (χ1v) is 8.63. The predicted molar refractivity (Wildman–Crippen MR) is 108 cm³/mol. The van der Waals surface area contributed by atoms with Crippen LogP contribution in [0.5, 0.6) is 0 Å². The van der Waals surface area contributed by atoms with Gasteiger partial charge in [0, 0.05) is 31.6 Å². The van der Waals surface area contributed by atoms with Gasteiger partial charge in [-0.2, -0.15) is 0 Å². The molecule has 0 spiro atoms. The van der Waals surface area contributed by atoms with E-state index in [0.717, 1.165) is 19.0 Å². The Kier molecular flexibility index (Phi) is 10.1. The number of halogens is 1. The maximum Gasteiger partial charge on any atom is 0.225 e. The molecule has 0 atom stereocenters. The first-order valence-electron chi connectivity index (χ1n) is 8.63. The van der Waals surface area contributed by atoms with E-state index in [1.165, 1.54) is 25.7 Å². The van der Waals surface area contributed by atoms with E-state index in [1.54, 1.807) is 0 Å². The number of carbonyl (C=O) groups is 1. The molecule has 0 bridgehead atoms. The van der Waals surface area contributed by atoms with Gasteiger partial charge in [0.15, 0.2) is 5.96 Å². The monoisotopic (exact) mass is 438 g/mol. The van der Waals surface area contributed by atoms with Gasteiger partial charge in [-0.05, 0) is 31.6 Å². The van der Waals surface area contributed by atoms with Gasteiger partial charge < -0.3 is 16.0 Å². The molecule has 1 aliphatic rings. The van der Waals surface area contributed by atoms with Crippen molar-refractivity contribution in [3.05, 3.63) is 0 Å². The lowest BCUT2D eigenvalue weighted by atomic mass is 9.67. The lowest BCUT2D eigenvalue weighted by Crippen LogP contribution is -2.44. The van der Waals surface area contributed by atoms with E-state index in [9.17, 15) is 4.79 Å². The van der Waals surface area contributed by atoms with Gasteiger partial charge in [0.05, 0.1) is 0 Å². The molecule has 1 saturated carbocycles. The molecule has 1 rings (SSSR count). The summed E-state index contributed by atoms with van der Waals surface area (Å²) in [6.45, 7) is 13.1. The van der Waals surface area contributed by atoms with Crippen molar-refractivity contribution in [3.63, 3.8) is 0 Å². The van der Waals surface area contributed by atoms with Crippen molar-refractivity contribution < 1.29 is 4.79 Å². The largest absolute Gasteiger partial charge is 0.357 e. The lowest BCUT2D eigenvalue weighted by molar-refractivity contribution is -0.128. The van der Waals surface area contributed by atoms with Crippen LogP contribution in [-0.2, 0) is 4.79 Å². The fraction of sp³-hybridized carbons (Fsp3) is 0.882. The summed E-state index contributed by atoms with van der Waals surface area (Å²) in [6, 6.07) is 0.